The Bertz CT molecular complexity index is 732. The van der Waals surface area contributed by atoms with E-state index >= 15 is 0 Å². The van der Waals surface area contributed by atoms with E-state index in [0.29, 0.717) is 17.3 Å². The zero-order valence-corrected chi connectivity index (χ0v) is 12.4. The maximum atomic E-state index is 12.7. The van der Waals surface area contributed by atoms with Crippen molar-refractivity contribution in [2.24, 2.45) is 0 Å². The fraction of sp³-hybridized carbons (Fsp3) is 0.412. The third kappa shape index (κ3) is 2.29. The zero-order valence-electron chi connectivity index (χ0n) is 12.4. The first-order valence-corrected chi connectivity index (χ1v) is 7.41. The molecule has 0 atom stereocenters. The smallest absolute Gasteiger partial charge is 0.271 e. The number of H-pyrrole nitrogens is 1. The van der Waals surface area contributed by atoms with Crippen molar-refractivity contribution >= 4 is 16.8 Å². The number of aromatic nitrogens is 1. The molecule has 4 nitrogen and oxygen atoms in total. The number of nitriles is 1. The summed E-state index contributed by atoms with van der Waals surface area (Å²) in [5.41, 5.74) is 2.82. The Morgan fingerprint density at radius 3 is 2.76 bits per heavy atom. The number of carbonyl (C=O) groups is 1. The molecule has 21 heavy (non-hydrogen) atoms. The molecule has 4 heteroatoms. The van der Waals surface area contributed by atoms with Crippen LogP contribution in [0.1, 0.15) is 47.3 Å². The van der Waals surface area contributed by atoms with Gasteiger partial charge in [0.1, 0.15) is 11.8 Å². The molecule has 1 aliphatic rings. The summed E-state index contributed by atoms with van der Waals surface area (Å²) in [6, 6.07) is 8.36. The van der Waals surface area contributed by atoms with Crippen LogP contribution in [0.4, 0.5) is 0 Å². The van der Waals surface area contributed by atoms with E-state index in [0.717, 1.165) is 29.3 Å². The van der Waals surface area contributed by atoms with Gasteiger partial charge in [0.25, 0.3) is 5.91 Å². The molecule has 1 heterocycles. The number of hydrogen-bond donors (Lipinski definition) is 1. The first kappa shape index (κ1) is 13.7. The fourth-order valence-electron chi connectivity index (χ4n) is 3.22. The van der Waals surface area contributed by atoms with Crippen molar-refractivity contribution in [2.45, 2.75) is 38.6 Å². The number of carbonyl (C=O) groups excluding carboxylic acids is 1. The summed E-state index contributed by atoms with van der Waals surface area (Å²) in [7, 11) is 1.84. The number of rotatable bonds is 2. The number of fused-ring (bicyclic) bond motifs is 1. The van der Waals surface area contributed by atoms with Gasteiger partial charge in [-0.05, 0) is 31.9 Å². The molecule has 0 aliphatic heterocycles. The summed E-state index contributed by atoms with van der Waals surface area (Å²) in [6.07, 6.45) is 4.48. The minimum atomic E-state index is -0.0766. The Labute approximate surface area is 124 Å². The van der Waals surface area contributed by atoms with Gasteiger partial charge in [-0.2, -0.15) is 5.26 Å². The number of aromatic amines is 1. The molecule has 2 aromatic rings. The first-order valence-electron chi connectivity index (χ1n) is 7.41. The van der Waals surface area contributed by atoms with Crippen molar-refractivity contribution in [1.82, 2.24) is 9.88 Å². The minimum absolute atomic E-state index is 0.0766. The van der Waals surface area contributed by atoms with E-state index in [1.807, 2.05) is 32.2 Å². The average Bonchev–Trinajstić information content (AvgIpc) is 3.12. The zero-order chi connectivity index (χ0) is 15.0. The van der Waals surface area contributed by atoms with Crippen LogP contribution in [-0.4, -0.2) is 28.9 Å². The minimum Gasteiger partial charge on any atom is -0.349 e. The Hall–Kier alpha value is -2.28. The van der Waals surface area contributed by atoms with Crippen LogP contribution in [0.5, 0.6) is 0 Å². The van der Waals surface area contributed by atoms with E-state index < -0.39 is 0 Å². The van der Waals surface area contributed by atoms with Crippen LogP contribution >= 0.6 is 0 Å². The van der Waals surface area contributed by atoms with Gasteiger partial charge in [0.15, 0.2) is 0 Å². The first-order chi connectivity index (χ1) is 10.1. The maximum Gasteiger partial charge on any atom is 0.271 e. The van der Waals surface area contributed by atoms with Crippen molar-refractivity contribution in [3.63, 3.8) is 0 Å². The Morgan fingerprint density at radius 2 is 2.10 bits per heavy atom. The number of amides is 1. The molecular weight excluding hydrogens is 262 g/mol. The van der Waals surface area contributed by atoms with Gasteiger partial charge in [0.2, 0.25) is 0 Å². The molecule has 0 unspecified atom stereocenters. The Balaban J connectivity index is 2.03. The standard InChI is InChI=1S/C17H19N3O/c1-11-7-8-15-13(9-11)14(10-18)16(19-15)17(21)20(2)12-5-3-4-6-12/h7-9,12,19H,3-6H2,1-2H3. The summed E-state index contributed by atoms with van der Waals surface area (Å²) < 4.78 is 0. The summed E-state index contributed by atoms with van der Waals surface area (Å²) in [6.45, 7) is 1.99. The van der Waals surface area contributed by atoms with Gasteiger partial charge in [0.05, 0.1) is 5.56 Å². The van der Waals surface area contributed by atoms with E-state index in [-0.39, 0.29) is 5.91 Å². The second-order valence-corrected chi connectivity index (χ2v) is 5.89. The molecule has 1 saturated carbocycles. The lowest BCUT2D eigenvalue weighted by Gasteiger charge is -2.23. The predicted molar refractivity (Wildman–Crippen MR) is 82.1 cm³/mol. The quantitative estimate of drug-likeness (QED) is 0.917. The van der Waals surface area contributed by atoms with E-state index in [9.17, 15) is 10.1 Å². The van der Waals surface area contributed by atoms with Crippen molar-refractivity contribution in [1.29, 1.82) is 5.26 Å². The van der Waals surface area contributed by atoms with Crippen molar-refractivity contribution < 1.29 is 4.79 Å². The van der Waals surface area contributed by atoms with Crippen LogP contribution in [0.25, 0.3) is 10.9 Å². The van der Waals surface area contributed by atoms with Crippen molar-refractivity contribution in [3.8, 4) is 6.07 Å². The third-order valence-corrected chi connectivity index (χ3v) is 4.47. The van der Waals surface area contributed by atoms with Crippen molar-refractivity contribution in [2.75, 3.05) is 7.05 Å². The summed E-state index contributed by atoms with van der Waals surface area (Å²) in [5.74, 6) is -0.0766. The second kappa shape index (κ2) is 5.25. The lowest BCUT2D eigenvalue weighted by atomic mass is 10.1. The molecule has 1 N–H and O–H groups in total. The molecule has 1 aromatic carbocycles. The molecule has 1 amide bonds. The molecule has 3 rings (SSSR count). The SMILES string of the molecule is Cc1ccc2[nH]c(C(=O)N(C)C3CCCC3)c(C#N)c2c1. The number of nitrogens with one attached hydrogen (secondary N) is 1. The van der Waals surface area contributed by atoms with Gasteiger partial charge in [-0.1, -0.05) is 24.5 Å². The van der Waals surface area contributed by atoms with Crippen LogP contribution in [0.2, 0.25) is 0 Å². The molecule has 1 fully saturated rings. The predicted octanol–water partition coefficient (Wildman–Crippen LogP) is 3.36. The highest BCUT2D eigenvalue weighted by Gasteiger charge is 2.27. The second-order valence-electron chi connectivity index (χ2n) is 5.89. The monoisotopic (exact) mass is 281 g/mol. The molecule has 0 spiro atoms. The number of nitrogens with zero attached hydrogens (tertiary/aromatic N) is 2. The van der Waals surface area contributed by atoms with Crippen LogP contribution in [-0.2, 0) is 0 Å². The van der Waals surface area contributed by atoms with Crippen molar-refractivity contribution in [3.05, 3.63) is 35.0 Å². The van der Waals surface area contributed by atoms with Gasteiger partial charge < -0.3 is 9.88 Å². The molecule has 1 aromatic heterocycles. The Morgan fingerprint density at radius 1 is 1.38 bits per heavy atom. The average molecular weight is 281 g/mol. The van der Waals surface area contributed by atoms with Gasteiger partial charge in [-0.3, -0.25) is 4.79 Å². The number of hydrogen-bond acceptors (Lipinski definition) is 2. The summed E-state index contributed by atoms with van der Waals surface area (Å²) in [4.78, 5) is 17.6. The highest BCUT2D eigenvalue weighted by Crippen LogP contribution is 2.27. The summed E-state index contributed by atoms with van der Waals surface area (Å²) in [5, 5.41) is 10.3. The van der Waals surface area contributed by atoms with Crippen LogP contribution in [0.3, 0.4) is 0 Å². The Kier molecular flexibility index (Phi) is 3.42. The molecule has 0 radical (unpaired) electrons. The van der Waals surface area contributed by atoms with Crippen LogP contribution in [0.15, 0.2) is 18.2 Å². The summed E-state index contributed by atoms with van der Waals surface area (Å²) >= 11 is 0. The van der Waals surface area contributed by atoms with Gasteiger partial charge in [-0.25, -0.2) is 0 Å². The van der Waals surface area contributed by atoms with E-state index in [2.05, 4.69) is 11.1 Å². The third-order valence-electron chi connectivity index (χ3n) is 4.47. The normalized spacial score (nSPS) is 15.3. The highest BCUT2D eigenvalue weighted by molar-refractivity contribution is 6.02. The van der Waals surface area contributed by atoms with Crippen LogP contribution in [0, 0.1) is 18.3 Å². The number of aryl methyl sites for hydroxylation is 1. The van der Waals surface area contributed by atoms with Gasteiger partial charge in [-0.15, -0.1) is 0 Å². The molecule has 0 bridgehead atoms. The highest BCUT2D eigenvalue weighted by atomic mass is 16.2. The van der Waals surface area contributed by atoms with E-state index in [1.54, 1.807) is 4.90 Å². The number of benzene rings is 1. The van der Waals surface area contributed by atoms with E-state index in [1.165, 1.54) is 12.8 Å². The molecule has 1 aliphatic carbocycles. The fourth-order valence-corrected chi connectivity index (χ4v) is 3.22. The largest absolute Gasteiger partial charge is 0.349 e. The molecule has 108 valence electrons. The topological polar surface area (TPSA) is 59.9 Å². The molecular formula is C17H19N3O. The maximum absolute atomic E-state index is 12.7. The van der Waals surface area contributed by atoms with Gasteiger partial charge >= 0.3 is 0 Å². The van der Waals surface area contributed by atoms with E-state index in [4.69, 9.17) is 0 Å². The van der Waals surface area contributed by atoms with Crippen LogP contribution < -0.4 is 0 Å². The lowest BCUT2D eigenvalue weighted by Crippen LogP contribution is -2.35. The molecule has 0 saturated heterocycles. The lowest BCUT2D eigenvalue weighted by molar-refractivity contribution is 0.0730. The van der Waals surface area contributed by atoms with Gasteiger partial charge in [0, 0.05) is 24.0 Å².